The van der Waals surface area contributed by atoms with Crippen LogP contribution < -0.4 is 0 Å². The molecule has 0 saturated carbocycles. The van der Waals surface area contributed by atoms with E-state index >= 15 is 0 Å². The van der Waals surface area contributed by atoms with Gasteiger partial charge in [0, 0.05) is 6.00 Å². The molecule has 1 rings (SSSR count). The van der Waals surface area contributed by atoms with E-state index in [2.05, 4.69) is 28.6 Å². The number of unbranched alkanes of at least 4 members (excludes halogenated alkanes) is 7. The number of hydrogen-bond acceptors (Lipinski definition) is 2. The molecule has 0 aliphatic carbocycles. The van der Waals surface area contributed by atoms with Crippen LogP contribution in [0.1, 0.15) is 97.8 Å². The standard InChI is InChI=1S/C20H41BO2/c1-4-6-8-10-12-14-20(3,13-11-9-7-5-2)17-15-19(21)23-18(17)16-22/h17-19,22H,4-16,21H2,1-3H3/t17-,18?,19-,20?/m1/s1. The van der Waals surface area contributed by atoms with Gasteiger partial charge in [0.1, 0.15) is 7.85 Å². The van der Waals surface area contributed by atoms with Gasteiger partial charge in [-0.1, -0.05) is 78.6 Å². The van der Waals surface area contributed by atoms with Gasteiger partial charge in [-0.05, 0) is 30.6 Å². The molecule has 3 heteroatoms. The van der Waals surface area contributed by atoms with Crippen LogP contribution in [0, 0.1) is 11.3 Å². The fourth-order valence-electron chi connectivity index (χ4n) is 4.45. The van der Waals surface area contributed by atoms with Gasteiger partial charge in [0.25, 0.3) is 0 Å². The molecule has 1 aliphatic rings. The SMILES string of the molecule is B[C@H]1C[C@@H](C(C)(CCCCCC)CCCCCCC)C(CO)O1. The molecular weight excluding hydrogens is 283 g/mol. The third kappa shape index (κ3) is 7.17. The zero-order chi connectivity index (χ0) is 17.1. The van der Waals surface area contributed by atoms with Crippen molar-refractivity contribution in [2.75, 3.05) is 6.61 Å². The zero-order valence-electron chi connectivity index (χ0n) is 16.3. The van der Waals surface area contributed by atoms with Crippen molar-refractivity contribution in [3.05, 3.63) is 0 Å². The Labute approximate surface area is 146 Å². The van der Waals surface area contributed by atoms with Gasteiger partial charge in [-0.25, -0.2) is 0 Å². The van der Waals surface area contributed by atoms with E-state index in [0.717, 1.165) is 6.42 Å². The largest absolute Gasteiger partial charge is 0.394 e. The van der Waals surface area contributed by atoms with Crippen LogP contribution in [0.25, 0.3) is 0 Å². The maximum absolute atomic E-state index is 9.74. The third-order valence-corrected chi connectivity index (χ3v) is 5.97. The maximum Gasteiger partial charge on any atom is 0.139 e. The quantitative estimate of drug-likeness (QED) is 0.394. The monoisotopic (exact) mass is 324 g/mol. The van der Waals surface area contributed by atoms with Crippen molar-refractivity contribution in [1.29, 1.82) is 0 Å². The molecule has 0 amide bonds. The van der Waals surface area contributed by atoms with Crippen molar-refractivity contribution in [3.63, 3.8) is 0 Å². The van der Waals surface area contributed by atoms with Crippen LogP contribution in [0.2, 0.25) is 0 Å². The number of aliphatic hydroxyl groups excluding tert-OH is 1. The third-order valence-electron chi connectivity index (χ3n) is 5.97. The van der Waals surface area contributed by atoms with Gasteiger partial charge in [-0.2, -0.15) is 0 Å². The van der Waals surface area contributed by atoms with Crippen LogP contribution in [0.3, 0.4) is 0 Å². The first-order valence-electron chi connectivity index (χ1n) is 10.3. The number of aliphatic hydroxyl groups is 1. The minimum absolute atomic E-state index is 0.0665. The highest BCUT2D eigenvalue weighted by Crippen LogP contribution is 2.46. The van der Waals surface area contributed by atoms with Gasteiger partial charge in [-0.3, -0.25) is 0 Å². The molecule has 0 radical (unpaired) electrons. The van der Waals surface area contributed by atoms with E-state index in [0.29, 0.717) is 17.3 Å². The summed E-state index contributed by atoms with van der Waals surface area (Å²) >= 11 is 0. The van der Waals surface area contributed by atoms with Crippen molar-refractivity contribution in [1.82, 2.24) is 0 Å². The molecule has 136 valence electrons. The Bertz CT molecular complexity index is 297. The van der Waals surface area contributed by atoms with Crippen LogP contribution in [-0.2, 0) is 4.74 Å². The van der Waals surface area contributed by atoms with E-state index in [1.807, 2.05) is 0 Å². The van der Waals surface area contributed by atoms with Gasteiger partial charge in [0.05, 0.1) is 12.7 Å². The Morgan fingerprint density at radius 2 is 1.48 bits per heavy atom. The Morgan fingerprint density at radius 1 is 0.957 bits per heavy atom. The number of hydrogen-bond donors (Lipinski definition) is 1. The Morgan fingerprint density at radius 3 is 2.00 bits per heavy atom. The molecule has 1 heterocycles. The highest BCUT2D eigenvalue weighted by atomic mass is 16.5. The van der Waals surface area contributed by atoms with Crippen LogP contribution >= 0.6 is 0 Å². The van der Waals surface area contributed by atoms with E-state index in [1.54, 1.807) is 0 Å². The Balaban J connectivity index is 2.58. The van der Waals surface area contributed by atoms with Crippen molar-refractivity contribution < 1.29 is 9.84 Å². The lowest BCUT2D eigenvalue weighted by molar-refractivity contribution is -0.00838. The van der Waals surface area contributed by atoms with Crippen LogP contribution in [0.4, 0.5) is 0 Å². The van der Waals surface area contributed by atoms with Crippen molar-refractivity contribution >= 4 is 7.85 Å². The first-order valence-corrected chi connectivity index (χ1v) is 10.3. The van der Waals surface area contributed by atoms with Crippen LogP contribution in [0.15, 0.2) is 0 Å². The minimum atomic E-state index is 0.0665. The molecule has 1 fully saturated rings. The van der Waals surface area contributed by atoms with Crippen molar-refractivity contribution in [3.8, 4) is 0 Å². The summed E-state index contributed by atoms with van der Waals surface area (Å²) < 4.78 is 5.99. The smallest absolute Gasteiger partial charge is 0.139 e. The second-order valence-electron chi connectivity index (χ2n) is 8.14. The second kappa shape index (κ2) is 11.5. The zero-order valence-corrected chi connectivity index (χ0v) is 16.3. The fourth-order valence-corrected chi connectivity index (χ4v) is 4.45. The minimum Gasteiger partial charge on any atom is -0.394 e. The average molecular weight is 324 g/mol. The molecule has 1 aliphatic heterocycles. The highest BCUT2D eigenvalue weighted by molar-refractivity contribution is 6.11. The van der Waals surface area contributed by atoms with E-state index < -0.39 is 0 Å². The summed E-state index contributed by atoms with van der Waals surface area (Å²) in [6.45, 7) is 7.23. The molecule has 0 bridgehead atoms. The van der Waals surface area contributed by atoms with Gasteiger partial charge in [0.15, 0.2) is 0 Å². The van der Waals surface area contributed by atoms with Crippen LogP contribution in [-0.4, -0.2) is 31.7 Å². The van der Waals surface area contributed by atoms with Gasteiger partial charge in [0.2, 0.25) is 0 Å². The molecule has 1 N–H and O–H groups in total. The Hall–Kier alpha value is -0.0151. The van der Waals surface area contributed by atoms with Crippen molar-refractivity contribution in [2.24, 2.45) is 11.3 Å². The molecule has 0 spiro atoms. The maximum atomic E-state index is 9.74. The first-order chi connectivity index (χ1) is 11.1. The van der Waals surface area contributed by atoms with Crippen molar-refractivity contribution in [2.45, 2.75) is 110 Å². The summed E-state index contributed by atoms with van der Waals surface area (Å²) in [6, 6.07) is 0.312. The van der Waals surface area contributed by atoms with Crippen LogP contribution in [0.5, 0.6) is 0 Å². The Kier molecular flexibility index (Phi) is 10.5. The molecule has 2 unspecified atom stereocenters. The summed E-state index contributed by atoms with van der Waals surface area (Å²) in [7, 11) is 2.17. The summed E-state index contributed by atoms with van der Waals surface area (Å²) in [5.41, 5.74) is 0.345. The normalized spacial score (nSPS) is 27.2. The lowest BCUT2D eigenvalue weighted by Crippen LogP contribution is -2.35. The fraction of sp³-hybridized carbons (Fsp3) is 1.00. The molecular formula is C20H41BO2. The molecule has 0 aromatic carbocycles. The molecule has 2 nitrogen and oxygen atoms in total. The van der Waals surface area contributed by atoms with E-state index in [-0.39, 0.29) is 12.7 Å². The molecule has 4 atom stereocenters. The van der Waals surface area contributed by atoms with E-state index in [9.17, 15) is 5.11 Å². The lowest BCUT2D eigenvalue weighted by atomic mass is 9.66. The predicted molar refractivity (Wildman–Crippen MR) is 103 cm³/mol. The molecule has 23 heavy (non-hydrogen) atoms. The average Bonchev–Trinajstić information content (AvgIpc) is 2.93. The van der Waals surface area contributed by atoms with Gasteiger partial charge in [-0.15, -0.1) is 0 Å². The highest BCUT2D eigenvalue weighted by Gasteiger charge is 2.43. The molecule has 0 aromatic heterocycles. The first kappa shape index (κ1) is 21.0. The molecule has 1 saturated heterocycles. The summed E-state index contributed by atoms with van der Waals surface area (Å²) in [5, 5.41) is 9.74. The summed E-state index contributed by atoms with van der Waals surface area (Å²) in [6.07, 6.45) is 15.9. The summed E-state index contributed by atoms with van der Waals surface area (Å²) in [5.74, 6) is 0.537. The second-order valence-corrected chi connectivity index (χ2v) is 8.14. The molecule has 0 aromatic rings. The van der Waals surface area contributed by atoms with Gasteiger partial charge >= 0.3 is 0 Å². The topological polar surface area (TPSA) is 29.5 Å². The van der Waals surface area contributed by atoms with E-state index in [1.165, 1.54) is 70.6 Å². The van der Waals surface area contributed by atoms with E-state index in [4.69, 9.17) is 4.74 Å². The predicted octanol–water partition coefficient (Wildman–Crippen LogP) is 4.68. The number of rotatable bonds is 13. The van der Waals surface area contributed by atoms with Gasteiger partial charge < -0.3 is 9.84 Å². The summed E-state index contributed by atoms with van der Waals surface area (Å²) in [4.78, 5) is 0. The number of ether oxygens (including phenoxy) is 1. The lowest BCUT2D eigenvalue weighted by Gasteiger charge is -2.38.